The van der Waals surface area contributed by atoms with Gasteiger partial charge in [0.05, 0.1) is 6.61 Å². The summed E-state index contributed by atoms with van der Waals surface area (Å²) in [5, 5.41) is 38.5. The molecule has 0 aromatic rings. The van der Waals surface area contributed by atoms with Gasteiger partial charge < -0.3 is 25.2 Å². The highest BCUT2D eigenvalue weighted by atomic mass is 16.7. The molecule has 0 aliphatic carbocycles. The van der Waals surface area contributed by atoms with E-state index in [1.54, 1.807) is 0 Å². The summed E-state index contributed by atoms with van der Waals surface area (Å²) < 4.78 is 5.48. The van der Waals surface area contributed by atoms with E-state index in [-0.39, 0.29) is 0 Å². The summed E-state index contributed by atoms with van der Waals surface area (Å²) in [7, 11) is 0. The van der Waals surface area contributed by atoms with Crippen molar-refractivity contribution in [3.8, 4) is 0 Å². The molecule has 1 saturated heterocycles. The van der Waals surface area contributed by atoms with Gasteiger partial charge in [0.2, 0.25) is 0 Å². The minimum absolute atomic E-state index is 0.429. The van der Waals surface area contributed by atoms with E-state index in [1.807, 2.05) is 0 Å². The molecule has 132 valence electrons. The number of unbranched alkanes of at least 4 members (excludes halogenated alkanes) is 6. The molecule has 1 fully saturated rings. The molecule has 0 radical (unpaired) electrons. The Kier molecular flexibility index (Phi) is 10.1. The molecule has 7 nitrogen and oxygen atoms in total. The predicted molar refractivity (Wildman–Crippen MR) is 80.8 cm³/mol. The van der Waals surface area contributed by atoms with Crippen LogP contribution in [0.3, 0.4) is 0 Å². The molecule has 1 aliphatic heterocycles. The minimum atomic E-state index is -1.44. The second kappa shape index (κ2) is 11.3. The van der Waals surface area contributed by atoms with Crippen LogP contribution in [-0.2, 0) is 9.57 Å². The summed E-state index contributed by atoms with van der Waals surface area (Å²) in [4.78, 5) is 5.05. The quantitative estimate of drug-likeness (QED) is 0.362. The fraction of sp³-hybridized carbons (Fsp3) is 1.00. The molecule has 0 aromatic heterocycles. The Hall–Kier alpha value is -0.280. The second-order valence-corrected chi connectivity index (χ2v) is 5.84. The Balaban J connectivity index is 2.21. The molecular formula is C15H31NO6. The number of hydroxylamine groups is 1. The molecule has 0 amide bonds. The number of hydrogen-bond acceptors (Lipinski definition) is 7. The largest absolute Gasteiger partial charge is 0.393 e. The van der Waals surface area contributed by atoms with Gasteiger partial charge in [-0.3, -0.25) is 4.84 Å². The Morgan fingerprint density at radius 1 is 0.909 bits per heavy atom. The Morgan fingerprint density at radius 2 is 1.55 bits per heavy atom. The van der Waals surface area contributed by atoms with Crippen molar-refractivity contribution in [3.05, 3.63) is 0 Å². The number of aliphatic hydroxyl groups excluding tert-OH is 4. The van der Waals surface area contributed by atoms with Crippen LogP contribution in [0.2, 0.25) is 0 Å². The topological polar surface area (TPSA) is 111 Å². The number of aliphatic hydroxyl groups is 4. The van der Waals surface area contributed by atoms with Crippen molar-refractivity contribution in [2.45, 2.75) is 82.5 Å². The van der Waals surface area contributed by atoms with Crippen LogP contribution in [0.4, 0.5) is 0 Å². The summed E-state index contributed by atoms with van der Waals surface area (Å²) in [5.41, 5.74) is 2.46. The van der Waals surface area contributed by atoms with Gasteiger partial charge in [-0.1, -0.05) is 45.4 Å². The summed E-state index contributed by atoms with van der Waals surface area (Å²) in [6.07, 6.45) is 2.01. The van der Waals surface area contributed by atoms with Gasteiger partial charge in [-0.25, -0.2) is 0 Å². The van der Waals surface area contributed by atoms with Gasteiger partial charge in [-0.2, -0.15) is 5.48 Å². The Morgan fingerprint density at radius 3 is 2.18 bits per heavy atom. The maximum absolute atomic E-state index is 9.94. The minimum Gasteiger partial charge on any atom is -0.393 e. The van der Waals surface area contributed by atoms with E-state index < -0.39 is 37.3 Å². The third kappa shape index (κ3) is 6.45. The van der Waals surface area contributed by atoms with Crippen LogP contribution in [0.15, 0.2) is 0 Å². The van der Waals surface area contributed by atoms with Crippen LogP contribution >= 0.6 is 0 Å². The van der Waals surface area contributed by atoms with Crippen molar-refractivity contribution in [1.29, 1.82) is 0 Å². The summed E-state index contributed by atoms with van der Waals surface area (Å²) in [5.74, 6) is 0. The average molecular weight is 321 g/mol. The van der Waals surface area contributed by atoms with E-state index in [0.717, 1.165) is 19.3 Å². The highest BCUT2D eigenvalue weighted by Crippen LogP contribution is 2.16. The average Bonchev–Trinajstić information content (AvgIpc) is 2.62. The maximum atomic E-state index is 9.94. The molecule has 0 aromatic carbocycles. The highest BCUT2D eigenvalue weighted by molar-refractivity contribution is 4.86. The van der Waals surface area contributed by atoms with E-state index in [9.17, 15) is 15.3 Å². The molecule has 5 N–H and O–H groups in total. The zero-order chi connectivity index (χ0) is 16.4. The second-order valence-electron chi connectivity index (χ2n) is 5.84. The fourth-order valence-corrected chi connectivity index (χ4v) is 2.44. The van der Waals surface area contributed by atoms with Gasteiger partial charge in [0, 0.05) is 6.61 Å². The lowest BCUT2D eigenvalue weighted by Crippen LogP contribution is -2.48. The normalized spacial score (nSPS) is 32.9. The van der Waals surface area contributed by atoms with E-state index in [0.29, 0.717) is 6.61 Å². The van der Waals surface area contributed by atoms with Crippen LogP contribution < -0.4 is 5.48 Å². The molecule has 22 heavy (non-hydrogen) atoms. The third-order valence-electron chi connectivity index (χ3n) is 3.95. The summed E-state index contributed by atoms with van der Waals surface area (Å²) in [6.45, 7) is 2.15. The van der Waals surface area contributed by atoms with Crippen molar-refractivity contribution >= 4 is 0 Å². The number of rotatable bonds is 10. The van der Waals surface area contributed by atoms with Crippen LogP contribution in [-0.4, -0.2) is 64.3 Å². The standard InChI is InChI=1S/C15H31NO6/c1-2-3-4-5-6-7-8-9-21-15-14(20)13(19)12(18)11(10-17)22-16-15/h11-20H,2-10H2,1H3/t11-,12-,13+,14-,15?/m1/s1. The summed E-state index contributed by atoms with van der Waals surface area (Å²) in [6, 6.07) is 0. The monoisotopic (exact) mass is 321 g/mol. The maximum Gasteiger partial charge on any atom is 0.158 e. The molecule has 0 saturated carbocycles. The molecule has 1 aliphatic rings. The van der Waals surface area contributed by atoms with E-state index >= 15 is 0 Å². The summed E-state index contributed by atoms with van der Waals surface area (Å²) >= 11 is 0. The van der Waals surface area contributed by atoms with Gasteiger partial charge in [-0.05, 0) is 6.42 Å². The van der Waals surface area contributed by atoms with Gasteiger partial charge in [-0.15, -0.1) is 0 Å². The van der Waals surface area contributed by atoms with E-state index in [2.05, 4.69) is 12.4 Å². The smallest absolute Gasteiger partial charge is 0.158 e. The van der Waals surface area contributed by atoms with Crippen molar-refractivity contribution in [2.75, 3.05) is 13.2 Å². The third-order valence-corrected chi connectivity index (χ3v) is 3.95. The van der Waals surface area contributed by atoms with Crippen LogP contribution in [0.25, 0.3) is 0 Å². The van der Waals surface area contributed by atoms with Crippen molar-refractivity contribution in [3.63, 3.8) is 0 Å². The lowest BCUT2D eigenvalue weighted by molar-refractivity contribution is -0.154. The first-order valence-electron chi connectivity index (χ1n) is 8.29. The Labute approximate surface area is 132 Å². The van der Waals surface area contributed by atoms with Gasteiger partial charge in [0.25, 0.3) is 0 Å². The fourth-order valence-electron chi connectivity index (χ4n) is 2.44. The van der Waals surface area contributed by atoms with Crippen LogP contribution in [0.1, 0.15) is 51.9 Å². The molecule has 7 heteroatoms. The lowest BCUT2D eigenvalue weighted by atomic mass is 10.0. The first-order valence-corrected chi connectivity index (χ1v) is 8.29. The number of nitrogens with one attached hydrogen (secondary N) is 1. The molecule has 0 bridgehead atoms. The molecule has 1 rings (SSSR count). The first-order chi connectivity index (χ1) is 10.6. The zero-order valence-corrected chi connectivity index (χ0v) is 13.4. The SMILES string of the molecule is CCCCCCCCCOC1NO[C@H](CO)[C@@H](O)[C@H](O)[C@H]1O. The van der Waals surface area contributed by atoms with Crippen LogP contribution in [0, 0.1) is 0 Å². The van der Waals surface area contributed by atoms with Crippen LogP contribution in [0.5, 0.6) is 0 Å². The molecular weight excluding hydrogens is 290 g/mol. The van der Waals surface area contributed by atoms with Crippen molar-refractivity contribution in [2.24, 2.45) is 0 Å². The highest BCUT2D eigenvalue weighted by Gasteiger charge is 2.40. The Bertz CT molecular complexity index is 281. The molecule has 1 heterocycles. The van der Waals surface area contributed by atoms with Gasteiger partial charge in [0.15, 0.2) is 6.23 Å². The van der Waals surface area contributed by atoms with Crippen molar-refractivity contribution < 1.29 is 30.0 Å². The van der Waals surface area contributed by atoms with E-state index in [4.69, 9.17) is 14.7 Å². The van der Waals surface area contributed by atoms with Gasteiger partial charge in [0.1, 0.15) is 24.4 Å². The molecule has 1 unspecified atom stereocenters. The zero-order valence-electron chi connectivity index (χ0n) is 13.4. The van der Waals surface area contributed by atoms with Crippen molar-refractivity contribution in [1.82, 2.24) is 5.48 Å². The first kappa shape index (κ1) is 19.8. The number of hydrogen-bond donors (Lipinski definition) is 5. The van der Waals surface area contributed by atoms with E-state index in [1.165, 1.54) is 25.7 Å². The number of ether oxygens (including phenoxy) is 1. The predicted octanol–water partition coefficient (Wildman–Crippen LogP) is 0.0581. The molecule has 0 spiro atoms. The molecule has 5 atom stereocenters. The lowest BCUT2D eigenvalue weighted by Gasteiger charge is -2.25. The van der Waals surface area contributed by atoms with Gasteiger partial charge >= 0.3 is 0 Å².